The summed E-state index contributed by atoms with van der Waals surface area (Å²) in [6, 6.07) is 8.25. The van der Waals surface area contributed by atoms with Crippen molar-refractivity contribution >= 4 is 0 Å². The molecule has 2 aromatic carbocycles. The number of rotatable bonds is 1. The van der Waals surface area contributed by atoms with E-state index in [-0.39, 0.29) is 17.2 Å². The maximum Gasteiger partial charge on any atom is 0.125 e. The van der Waals surface area contributed by atoms with Crippen LogP contribution in [0.5, 0.6) is 17.2 Å². The van der Waals surface area contributed by atoms with Crippen LogP contribution in [-0.2, 0) is 0 Å². The molecule has 3 nitrogen and oxygen atoms in total. The molecule has 0 aliphatic heterocycles. The summed E-state index contributed by atoms with van der Waals surface area (Å²) in [4.78, 5) is 0. The van der Waals surface area contributed by atoms with Crippen molar-refractivity contribution in [2.45, 2.75) is 13.8 Å². The third-order valence-electron chi connectivity index (χ3n) is 2.96. The van der Waals surface area contributed by atoms with Gasteiger partial charge in [0.25, 0.3) is 0 Å². The predicted octanol–water partition coefficient (Wildman–Crippen LogP) is 3.09. The monoisotopic (exact) mass is 230 g/mol. The molecule has 2 aromatic rings. The normalized spacial score (nSPS) is 10.5. The van der Waals surface area contributed by atoms with Crippen molar-refractivity contribution in [3.63, 3.8) is 0 Å². The lowest BCUT2D eigenvalue weighted by atomic mass is 9.97. The summed E-state index contributed by atoms with van der Waals surface area (Å²) in [7, 11) is 0. The Hall–Kier alpha value is -2.16. The molecule has 17 heavy (non-hydrogen) atoms. The fourth-order valence-electron chi connectivity index (χ4n) is 1.82. The van der Waals surface area contributed by atoms with Gasteiger partial charge >= 0.3 is 0 Å². The Bertz CT molecular complexity index is 557. The van der Waals surface area contributed by atoms with Gasteiger partial charge in [-0.15, -0.1) is 0 Å². The van der Waals surface area contributed by atoms with Crippen molar-refractivity contribution in [3.05, 3.63) is 41.5 Å². The number of phenolic OH excluding ortho intramolecular Hbond substituents is 3. The van der Waals surface area contributed by atoms with Crippen molar-refractivity contribution in [3.8, 4) is 28.4 Å². The molecule has 0 saturated carbocycles. The van der Waals surface area contributed by atoms with Crippen molar-refractivity contribution < 1.29 is 15.3 Å². The van der Waals surface area contributed by atoms with Gasteiger partial charge in [0.1, 0.15) is 17.2 Å². The minimum absolute atomic E-state index is 0.0659. The smallest absolute Gasteiger partial charge is 0.125 e. The van der Waals surface area contributed by atoms with Gasteiger partial charge < -0.3 is 15.3 Å². The van der Waals surface area contributed by atoms with Crippen LogP contribution in [0.2, 0.25) is 0 Å². The van der Waals surface area contributed by atoms with Crippen LogP contribution < -0.4 is 0 Å². The maximum absolute atomic E-state index is 9.87. The zero-order valence-corrected chi connectivity index (χ0v) is 9.73. The summed E-state index contributed by atoms with van der Waals surface area (Å²) < 4.78 is 0. The van der Waals surface area contributed by atoms with Gasteiger partial charge in [-0.3, -0.25) is 0 Å². The molecule has 0 atom stereocenters. The first kappa shape index (κ1) is 11.3. The van der Waals surface area contributed by atoms with E-state index in [4.69, 9.17) is 0 Å². The molecule has 0 unspecified atom stereocenters. The third kappa shape index (κ3) is 1.91. The zero-order valence-electron chi connectivity index (χ0n) is 9.73. The van der Waals surface area contributed by atoms with Crippen LogP contribution >= 0.6 is 0 Å². The number of hydrogen-bond acceptors (Lipinski definition) is 3. The molecular formula is C14H14O3. The first-order valence-corrected chi connectivity index (χ1v) is 5.32. The van der Waals surface area contributed by atoms with Gasteiger partial charge in [0.2, 0.25) is 0 Å². The second-order valence-electron chi connectivity index (χ2n) is 4.09. The third-order valence-corrected chi connectivity index (χ3v) is 2.96. The quantitative estimate of drug-likeness (QED) is 0.705. The first-order valence-electron chi connectivity index (χ1n) is 5.32. The Labute approximate surface area is 99.6 Å². The first-order chi connectivity index (χ1) is 8.00. The van der Waals surface area contributed by atoms with Gasteiger partial charge in [0.15, 0.2) is 0 Å². The van der Waals surface area contributed by atoms with E-state index in [0.29, 0.717) is 11.1 Å². The van der Waals surface area contributed by atoms with Crippen LogP contribution in [0.25, 0.3) is 11.1 Å². The second kappa shape index (κ2) is 4.01. The van der Waals surface area contributed by atoms with E-state index in [2.05, 4.69) is 0 Å². The van der Waals surface area contributed by atoms with Gasteiger partial charge in [0.05, 0.1) is 0 Å². The van der Waals surface area contributed by atoms with Crippen LogP contribution in [0.3, 0.4) is 0 Å². The molecule has 0 heterocycles. The SMILES string of the molecule is Cc1c(O)cc(-c2ccc(O)cc2)c(C)c1O. The Morgan fingerprint density at radius 1 is 0.824 bits per heavy atom. The lowest BCUT2D eigenvalue weighted by molar-refractivity contribution is 0.441. The van der Waals surface area contributed by atoms with E-state index >= 15 is 0 Å². The summed E-state index contributed by atoms with van der Waals surface area (Å²) in [5.74, 6) is 0.358. The molecule has 0 radical (unpaired) electrons. The largest absolute Gasteiger partial charge is 0.508 e. The Morgan fingerprint density at radius 3 is 2.00 bits per heavy atom. The molecule has 0 saturated heterocycles. The van der Waals surface area contributed by atoms with Crippen LogP contribution in [-0.4, -0.2) is 15.3 Å². The van der Waals surface area contributed by atoms with E-state index in [1.54, 1.807) is 44.2 Å². The van der Waals surface area contributed by atoms with Gasteiger partial charge in [-0.1, -0.05) is 12.1 Å². The molecule has 0 bridgehead atoms. The highest BCUT2D eigenvalue weighted by atomic mass is 16.3. The molecule has 3 heteroatoms. The van der Waals surface area contributed by atoms with E-state index in [1.165, 1.54) is 0 Å². The lowest BCUT2D eigenvalue weighted by Gasteiger charge is -2.12. The number of aromatic hydroxyl groups is 3. The topological polar surface area (TPSA) is 60.7 Å². The Balaban J connectivity index is 2.64. The molecule has 0 aliphatic rings. The van der Waals surface area contributed by atoms with Gasteiger partial charge in [0, 0.05) is 5.56 Å². The minimum atomic E-state index is 0.0659. The Morgan fingerprint density at radius 2 is 1.41 bits per heavy atom. The van der Waals surface area contributed by atoms with Crippen LogP contribution in [0.1, 0.15) is 11.1 Å². The highest BCUT2D eigenvalue weighted by molar-refractivity contribution is 5.73. The van der Waals surface area contributed by atoms with E-state index < -0.39 is 0 Å². The zero-order chi connectivity index (χ0) is 12.6. The molecule has 3 N–H and O–H groups in total. The van der Waals surface area contributed by atoms with Crippen molar-refractivity contribution in [1.82, 2.24) is 0 Å². The molecule has 0 aromatic heterocycles. The molecule has 0 spiro atoms. The lowest BCUT2D eigenvalue weighted by Crippen LogP contribution is -1.88. The molecule has 2 rings (SSSR count). The van der Waals surface area contributed by atoms with E-state index in [1.807, 2.05) is 0 Å². The number of phenols is 3. The summed E-state index contributed by atoms with van der Waals surface area (Å²) in [6.45, 7) is 3.46. The fourth-order valence-corrected chi connectivity index (χ4v) is 1.82. The maximum atomic E-state index is 9.87. The summed E-state index contributed by atoms with van der Waals surface area (Å²) in [5.41, 5.74) is 2.78. The molecule has 0 fully saturated rings. The second-order valence-corrected chi connectivity index (χ2v) is 4.09. The molecule has 0 aliphatic carbocycles. The van der Waals surface area contributed by atoms with Crippen molar-refractivity contribution in [2.75, 3.05) is 0 Å². The molecule has 0 amide bonds. The standard InChI is InChI=1S/C14H14O3/c1-8-12(7-13(16)9(2)14(8)17)10-3-5-11(15)6-4-10/h3-7,15-17H,1-2H3. The fraction of sp³-hybridized carbons (Fsp3) is 0.143. The van der Waals surface area contributed by atoms with Crippen molar-refractivity contribution in [2.24, 2.45) is 0 Å². The van der Waals surface area contributed by atoms with Gasteiger partial charge in [-0.2, -0.15) is 0 Å². The summed E-state index contributed by atoms with van der Waals surface area (Å²) >= 11 is 0. The summed E-state index contributed by atoms with van der Waals surface area (Å²) in [5, 5.41) is 28.8. The van der Waals surface area contributed by atoms with E-state index in [0.717, 1.165) is 11.1 Å². The predicted molar refractivity (Wildman–Crippen MR) is 66.3 cm³/mol. The Kier molecular flexibility index (Phi) is 2.68. The average Bonchev–Trinajstić information content (AvgIpc) is 2.32. The minimum Gasteiger partial charge on any atom is -0.508 e. The van der Waals surface area contributed by atoms with Crippen LogP contribution in [0.15, 0.2) is 30.3 Å². The van der Waals surface area contributed by atoms with E-state index in [9.17, 15) is 15.3 Å². The van der Waals surface area contributed by atoms with Crippen LogP contribution in [0, 0.1) is 13.8 Å². The molecule has 88 valence electrons. The number of benzene rings is 2. The van der Waals surface area contributed by atoms with Crippen LogP contribution in [0.4, 0.5) is 0 Å². The van der Waals surface area contributed by atoms with Gasteiger partial charge in [-0.05, 0) is 48.7 Å². The molecular weight excluding hydrogens is 216 g/mol. The highest BCUT2D eigenvalue weighted by Crippen LogP contribution is 2.37. The average molecular weight is 230 g/mol. The van der Waals surface area contributed by atoms with Gasteiger partial charge in [-0.25, -0.2) is 0 Å². The van der Waals surface area contributed by atoms with Crippen molar-refractivity contribution in [1.29, 1.82) is 0 Å². The highest BCUT2D eigenvalue weighted by Gasteiger charge is 2.12. The number of hydrogen-bond donors (Lipinski definition) is 3. The summed E-state index contributed by atoms with van der Waals surface area (Å²) in [6.07, 6.45) is 0.